The Labute approximate surface area is 123 Å². The summed E-state index contributed by atoms with van der Waals surface area (Å²) in [7, 11) is 0. The Hall–Kier alpha value is -1.58. The monoisotopic (exact) mass is 293 g/mol. The van der Waals surface area contributed by atoms with E-state index in [0.717, 1.165) is 25.1 Å². The van der Waals surface area contributed by atoms with E-state index in [2.05, 4.69) is 12.2 Å². The van der Waals surface area contributed by atoms with Crippen molar-refractivity contribution in [2.75, 3.05) is 6.54 Å². The summed E-state index contributed by atoms with van der Waals surface area (Å²) >= 11 is 6.20. The minimum absolute atomic E-state index is 0.291. The quantitative estimate of drug-likeness (QED) is 0.775. The van der Waals surface area contributed by atoms with E-state index in [0.29, 0.717) is 16.5 Å². The maximum Gasteiger partial charge on any atom is 0.146 e. The largest absolute Gasteiger partial charge is 0.456 e. The summed E-state index contributed by atoms with van der Waals surface area (Å²) in [4.78, 5) is 0. The predicted octanol–water partition coefficient (Wildman–Crippen LogP) is 4.77. The molecule has 0 aliphatic rings. The van der Waals surface area contributed by atoms with Crippen LogP contribution >= 0.6 is 11.6 Å². The van der Waals surface area contributed by atoms with E-state index in [1.54, 1.807) is 12.1 Å². The topological polar surface area (TPSA) is 21.3 Å². The van der Waals surface area contributed by atoms with Gasteiger partial charge in [-0.25, -0.2) is 4.39 Å². The van der Waals surface area contributed by atoms with Crippen LogP contribution < -0.4 is 10.1 Å². The molecule has 0 aliphatic heterocycles. The van der Waals surface area contributed by atoms with Gasteiger partial charge in [-0.2, -0.15) is 0 Å². The highest BCUT2D eigenvalue weighted by molar-refractivity contribution is 6.32. The molecule has 20 heavy (non-hydrogen) atoms. The van der Waals surface area contributed by atoms with Gasteiger partial charge in [0.15, 0.2) is 0 Å². The zero-order valence-corrected chi connectivity index (χ0v) is 12.1. The lowest BCUT2D eigenvalue weighted by Crippen LogP contribution is -2.13. The molecular formula is C16H17ClFNO. The molecule has 0 spiro atoms. The van der Waals surface area contributed by atoms with Gasteiger partial charge in [-0.05, 0) is 54.9 Å². The van der Waals surface area contributed by atoms with Crippen molar-refractivity contribution < 1.29 is 9.13 Å². The minimum Gasteiger partial charge on any atom is -0.456 e. The molecule has 0 aliphatic carbocycles. The van der Waals surface area contributed by atoms with E-state index in [1.165, 1.54) is 12.1 Å². The molecule has 106 valence electrons. The van der Waals surface area contributed by atoms with Gasteiger partial charge in [-0.15, -0.1) is 0 Å². The molecule has 0 saturated carbocycles. The lowest BCUT2D eigenvalue weighted by Gasteiger charge is -2.09. The Bertz CT molecular complexity index is 557. The highest BCUT2D eigenvalue weighted by Crippen LogP contribution is 2.30. The highest BCUT2D eigenvalue weighted by atomic mass is 35.5. The van der Waals surface area contributed by atoms with Crippen molar-refractivity contribution in [1.29, 1.82) is 0 Å². The zero-order valence-electron chi connectivity index (χ0n) is 11.3. The second-order valence-corrected chi connectivity index (χ2v) is 4.90. The van der Waals surface area contributed by atoms with Crippen LogP contribution in [0.5, 0.6) is 11.5 Å². The van der Waals surface area contributed by atoms with Crippen LogP contribution in [0, 0.1) is 5.82 Å². The summed E-state index contributed by atoms with van der Waals surface area (Å²) in [5.74, 6) is 0.837. The van der Waals surface area contributed by atoms with Crippen molar-refractivity contribution in [3.8, 4) is 11.5 Å². The van der Waals surface area contributed by atoms with Gasteiger partial charge in [0.2, 0.25) is 0 Å². The van der Waals surface area contributed by atoms with E-state index in [4.69, 9.17) is 16.3 Å². The molecule has 0 radical (unpaired) electrons. The second-order valence-electron chi connectivity index (χ2n) is 4.50. The van der Waals surface area contributed by atoms with Gasteiger partial charge in [-0.3, -0.25) is 0 Å². The van der Waals surface area contributed by atoms with Crippen LogP contribution in [0.1, 0.15) is 18.9 Å². The number of halogens is 2. The highest BCUT2D eigenvalue weighted by Gasteiger charge is 2.05. The molecule has 2 nitrogen and oxygen atoms in total. The molecule has 0 saturated heterocycles. The van der Waals surface area contributed by atoms with Crippen molar-refractivity contribution >= 4 is 11.6 Å². The second kappa shape index (κ2) is 7.27. The Balaban J connectivity index is 2.03. The summed E-state index contributed by atoms with van der Waals surface area (Å²) in [6.45, 7) is 3.88. The first-order valence-electron chi connectivity index (χ1n) is 6.61. The molecule has 0 amide bonds. The number of rotatable bonds is 6. The zero-order chi connectivity index (χ0) is 14.4. The van der Waals surface area contributed by atoms with Crippen LogP contribution in [0.3, 0.4) is 0 Å². The first-order chi connectivity index (χ1) is 9.69. The molecule has 0 atom stereocenters. The smallest absolute Gasteiger partial charge is 0.146 e. The Morgan fingerprint density at radius 2 is 1.90 bits per heavy atom. The van der Waals surface area contributed by atoms with Crippen molar-refractivity contribution in [2.24, 2.45) is 0 Å². The number of benzene rings is 2. The van der Waals surface area contributed by atoms with Crippen molar-refractivity contribution in [1.82, 2.24) is 5.32 Å². The van der Waals surface area contributed by atoms with E-state index >= 15 is 0 Å². The Morgan fingerprint density at radius 1 is 1.15 bits per heavy atom. The fourth-order valence-corrected chi connectivity index (χ4v) is 2.02. The molecule has 2 rings (SSSR count). The third kappa shape index (κ3) is 4.22. The molecule has 2 aromatic rings. The summed E-state index contributed by atoms with van der Waals surface area (Å²) in [6, 6.07) is 11.5. The fraction of sp³-hybridized carbons (Fsp3) is 0.250. The van der Waals surface area contributed by atoms with E-state index in [1.807, 2.05) is 18.2 Å². The maximum atomic E-state index is 12.8. The molecule has 4 heteroatoms. The standard InChI is InChI=1S/C16H17ClFNO/c1-2-9-19-11-12-3-8-16(15(17)10-12)20-14-6-4-13(18)5-7-14/h3-8,10,19H,2,9,11H2,1H3. The molecule has 0 bridgehead atoms. The van der Waals surface area contributed by atoms with Crippen LogP contribution in [-0.4, -0.2) is 6.54 Å². The van der Waals surface area contributed by atoms with Gasteiger partial charge in [0.25, 0.3) is 0 Å². The van der Waals surface area contributed by atoms with Crippen molar-refractivity contribution in [3.63, 3.8) is 0 Å². The van der Waals surface area contributed by atoms with E-state index in [-0.39, 0.29) is 5.82 Å². The first kappa shape index (κ1) is 14.8. The van der Waals surface area contributed by atoms with Crippen LogP contribution in [0.15, 0.2) is 42.5 Å². The SMILES string of the molecule is CCCNCc1ccc(Oc2ccc(F)cc2)c(Cl)c1. The number of hydrogen-bond acceptors (Lipinski definition) is 2. The lowest BCUT2D eigenvalue weighted by molar-refractivity contribution is 0.480. The van der Waals surface area contributed by atoms with Crippen LogP contribution in [0.25, 0.3) is 0 Å². The Kier molecular flexibility index (Phi) is 5.39. The number of hydrogen-bond donors (Lipinski definition) is 1. The average Bonchev–Trinajstić information content (AvgIpc) is 2.44. The molecule has 0 heterocycles. The molecule has 0 aromatic heterocycles. The van der Waals surface area contributed by atoms with Gasteiger partial charge >= 0.3 is 0 Å². The van der Waals surface area contributed by atoms with Gasteiger partial charge in [0, 0.05) is 6.54 Å². The van der Waals surface area contributed by atoms with Crippen molar-refractivity contribution in [3.05, 3.63) is 58.9 Å². The number of nitrogens with one attached hydrogen (secondary N) is 1. The maximum absolute atomic E-state index is 12.8. The molecule has 0 unspecified atom stereocenters. The minimum atomic E-state index is -0.291. The van der Waals surface area contributed by atoms with Gasteiger partial charge in [0.05, 0.1) is 5.02 Å². The predicted molar refractivity (Wildman–Crippen MR) is 79.9 cm³/mol. The normalized spacial score (nSPS) is 10.6. The summed E-state index contributed by atoms with van der Waals surface area (Å²) in [5, 5.41) is 3.86. The summed E-state index contributed by atoms with van der Waals surface area (Å²) < 4.78 is 18.4. The molecular weight excluding hydrogens is 277 g/mol. The van der Waals surface area contributed by atoms with Gasteiger partial charge < -0.3 is 10.1 Å². The van der Waals surface area contributed by atoms with Gasteiger partial charge in [-0.1, -0.05) is 24.6 Å². The summed E-state index contributed by atoms with van der Waals surface area (Å²) in [5.41, 5.74) is 1.11. The van der Waals surface area contributed by atoms with Crippen LogP contribution in [0.4, 0.5) is 4.39 Å². The van der Waals surface area contributed by atoms with Crippen LogP contribution in [-0.2, 0) is 6.54 Å². The third-order valence-corrected chi connectivity index (χ3v) is 3.09. The van der Waals surface area contributed by atoms with Gasteiger partial charge in [0.1, 0.15) is 17.3 Å². The molecule has 2 aromatic carbocycles. The molecule has 0 fully saturated rings. The first-order valence-corrected chi connectivity index (χ1v) is 6.99. The van der Waals surface area contributed by atoms with Crippen LogP contribution in [0.2, 0.25) is 5.02 Å². The molecule has 1 N–H and O–H groups in total. The van der Waals surface area contributed by atoms with E-state index < -0.39 is 0 Å². The third-order valence-electron chi connectivity index (χ3n) is 2.79. The van der Waals surface area contributed by atoms with E-state index in [9.17, 15) is 4.39 Å². The number of ether oxygens (including phenoxy) is 1. The fourth-order valence-electron chi connectivity index (χ4n) is 1.78. The Morgan fingerprint density at radius 3 is 2.55 bits per heavy atom. The lowest BCUT2D eigenvalue weighted by atomic mass is 10.2. The summed E-state index contributed by atoms with van der Waals surface area (Å²) in [6.07, 6.45) is 1.10. The van der Waals surface area contributed by atoms with Crippen molar-refractivity contribution in [2.45, 2.75) is 19.9 Å². The average molecular weight is 294 g/mol.